The van der Waals surface area contributed by atoms with Crippen LogP contribution in [0, 0.1) is 0 Å². The number of piperazine rings is 1. The summed E-state index contributed by atoms with van der Waals surface area (Å²) in [5.74, 6) is 0.115. The van der Waals surface area contributed by atoms with Crippen molar-refractivity contribution in [3.63, 3.8) is 0 Å². The van der Waals surface area contributed by atoms with E-state index in [1.807, 2.05) is 4.90 Å². The zero-order valence-corrected chi connectivity index (χ0v) is 12.3. The molecule has 1 aliphatic rings. The number of amides is 2. The molecule has 0 bridgehead atoms. The van der Waals surface area contributed by atoms with Crippen molar-refractivity contribution in [3.8, 4) is 0 Å². The molecule has 0 spiro atoms. The monoisotopic (exact) mass is 290 g/mol. The van der Waals surface area contributed by atoms with Crippen LogP contribution in [0.5, 0.6) is 0 Å². The summed E-state index contributed by atoms with van der Waals surface area (Å²) in [5, 5.41) is 2.85. The van der Waals surface area contributed by atoms with Crippen molar-refractivity contribution in [1.29, 1.82) is 0 Å². The molecule has 0 atom stereocenters. The first-order chi connectivity index (χ1) is 10.0. The van der Waals surface area contributed by atoms with Crippen molar-refractivity contribution in [2.45, 2.75) is 13.3 Å². The van der Waals surface area contributed by atoms with Crippen LogP contribution in [0.3, 0.4) is 0 Å². The number of carbonyl (C=O) groups is 2. The lowest BCUT2D eigenvalue weighted by Gasteiger charge is -2.34. The van der Waals surface area contributed by atoms with Crippen molar-refractivity contribution >= 4 is 23.2 Å². The molecule has 21 heavy (non-hydrogen) atoms. The van der Waals surface area contributed by atoms with E-state index in [0.29, 0.717) is 18.7 Å². The number of nitrogens with one attached hydrogen (secondary N) is 1. The summed E-state index contributed by atoms with van der Waals surface area (Å²) >= 11 is 0. The standard InChI is InChI=1S/C15H22N4O2/c1-12(20)19-10-8-18(9-11-19)7-6-15(21)17-14-4-2-13(16)3-5-14/h2-5H,6-11,16H2,1H3,(H,17,21). The van der Waals surface area contributed by atoms with Gasteiger partial charge in [0.05, 0.1) is 0 Å². The molecular formula is C15H22N4O2. The van der Waals surface area contributed by atoms with Gasteiger partial charge >= 0.3 is 0 Å². The number of nitrogens with zero attached hydrogens (tertiary/aromatic N) is 2. The van der Waals surface area contributed by atoms with Crippen molar-refractivity contribution < 1.29 is 9.59 Å². The third-order valence-corrected chi connectivity index (χ3v) is 3.67. The van der Waals surface area contributed by atoms with Gasteiger partial charge in [0.25, 0.3) is 0 Å². The Morgan fingerprint density at radius 1 is 1.14 bits per heavy atom. The van der Waals surface area contributed by atoms with Crippen LogP contribution in [-0.2, 0) is 9.59 Å². The highest BCUT2D eigenvalue weighted by Gasteiger charge is 2.18. The van der Waals surface area contributed by atoms with Crippen LogP contribution in [0.2, 0.25) is 0 Å². The Morgan fingerprint density at radius 2 is 1.76 bits per heavy atom. The fourth-order valence-electron chi connectivity index (χ4n) is 2.34. The molecule has 0 unspecified atom stereocenters. The maximum absolute atomic E-state index is 11.9. The van der Waals surface area contributed by atoms with Crippen LogP contribution in [0.4, 0.5) is 11.4 Å². The summed E-state index contributed by atoms with van der Waals surface area (Å²) in [6, 6.07) is 7.10. The molecule has 0 saturated carbocycles. The van der Waals surface area contributed by atoms with Crippen molar-refractivity contribution in [1.82, 2.24) is 9.80 Å². The van der Waals surface area contributed by atoms with E-state index in [1.165, 1.54) is 0 Å². The van der Waals surface area contributed by atoms with Gasteiger partial charge in [-0.2, -0.15) is 0 Å². The minimum absolute atomic E-state index is 0.00577. The lowest BCUT2D eigenvalue weighted by molar-refractivity contribution is -0.130. The van der Waals surface area contributed by atoms with E-state index in [1.54, 1.807) is 31.2 Å². The zero-order valence-electron chi connectivity index (χ0n) is 12.3. The number of hydrogen-bond acceptors (Lipinski definition) is 4. The summed E-state index contributed by atoms with van der Waals surface area (Å²) in [7, 11) is 0. The first-order valence-corrected chi connectivity index (χ1v) is 7.18. The van der Waals surface area contributed by atoms with Gasteiger partial charge in [-0.25, -0.2) is 0 Å². The molecule has 0 radical (unpaired) electrons. The topological polar surface area (TPSA) is 78.7 Å². The van der Waals surface area contributed by atoms with Crippen molar-refractivity contribution in [2.24, 2.45) is 0 Å². The van der Waals surface area contributed by atoms with E-state index < -0.39 is 0 Å². The first-order valence-electron chi connectivity index (χ1n) is 7.18. The molecule has 1 saturated heterocycles. The lowest BCUT2D eigenvalue weighted by Crippen LogP contribution is -2.48. The highest BCUT2D eigenvalue weighted by atomic mass is 16.2. The molecule has 1 fully saturated rings. The number of nitrogens with two attached hydrogens (primary N) is 1. The molecule has 1 heterocycles. The van der Waals surface area contributed by atoms with Gasteiger partial charge in [0.1, 0.15) is 0 Å². The van der Waals surface area contributed by atoms with Crippen LogP contribution in [0.25, 0.3) is 0 Å². The third kappa shape index (κ3) is 4.75. The second-order valence-corrected chi connectivity index (χ2v) is 5.27. The van der Waals surface area contributed by atoms with Gasteiger partial charge in [-0.15, -0.1) is 0 Å². The Labute approximate surface area is 124 Å². The maximum atomic E-state index is 11.9. The maximum Gasteiger partial charge on any atom is 0.225 e. The van der Waals surface area contributed by atoms with E-state index in [-0.39, 0.29) is 11.8 Å². The third-order valence-electron chi connectivity index (χ3n) is 3.67. The molecule has 2 amide bonds. The van der Waals surface area contributed by atoms with Crippen LogP contribution in [0.1, 0.15) is 13.3 Å². The largest absolute Gasteiger partial charge is 0.399 e. The number of benzene rings is 1. The predicted octanol–water partition coefficient (Wildman–Crippen LogP) is 0.761. The fourth-order valence-corrected chi connectivity index (χ4v) is 2.34. The van der Waals surface area contributed by atoms with Gasteiger partial charge in [0.15, 0.2) is 0 Å². The van der Waals surface area contributed by atoms with E-state index >= 15 is 0 Å². The fraction of sp³-hybridized carbons (Fsp3) is 0.467. The summed E-state index contributed by atoms with van der Waals surface area (Å²) in [4.78, 5) is 27.2. The molecule has 0 aliphatic carbocycles. The average Bonchev–Trinajstić information content (AvgIpc) is 2.48. The second kappa shape index (κ2) is 7.08. The van der Waals surface area contributed by atoms with E-state index in [0.717, 1.165) is 31.9 Å². The molecule has 6 heteroatoms. The normalized spacial score (nSPS) is 15.8. The molecule has 1 aliphatic heterocycles. The van der Waals surface area contributed by atoms with Gasteiger partial charge in [0.2, 0.25) is 11.8 Å². The molecule has 0 aromatic heterocycles. The zero-order chi connectivity index (χ0) is 15.2. The van der Waals surface area contributed by atoms with Crippen molar-refractivity contribution in [3.05, 3.63) is 24.3 Å². The Bertz CT molecular complexity index is 493. The Morgan fingerprint density at radius 3 is 2.33 bits per heavy atom. The summed E-state index contributed by atoms with van der Waals surface area (Å²) in [6.45, 7) is 5.45. The van der Waals surface area contributed by atoms with E-state index in [4.69, 9.17) is 5.73 Å². The smallest absolute Gasteiger partial charge is 0.225 e. The van der Waals surface area contributed by atoms with Crippen molar-refractivity contribution in [2.75, 3.05) is 43.8 Å². The number of carbonyl (C=O) groups excluding carboxylic acids is 2. The number of anilines is 2. The highest BCUT2D eigenvalue weighted by molar-refractivity contribution is 5.90. The Hall–Kier alpha value is -2.08. The van der Waals surface area contributed by atoms with Gasteiger partial charge in [-0.3, -0.25) is 14.5 Å². The predicted molar refractivity (Wildman–Crippen MR) is 82.8 cm³/mol. The molecule has 2 rings (SSSR count). The molecule has 114 valence electrons. The van der Waals surface area contributed by atoms with Crippen LogP contribution >= 0.6 is 0 Å². The molecule has 3 N–H and O–H groups in total. The lowest BCUT2D eigenvalue weighted by atomic mass is 10.2. The van der Waals surface area contributed by atoms with Gasteiger partial charge in [0, 0.05) is 57.4 Å². The minimum atomic E-state index is -0.00577. The summed E-state index contributed by atoms with van der Waals surface area (Å²) < 4.78 is 0. The molecule has 6 nitrogen and oxygen atoms in total. The SMILES string of the molecule is CC(=O)N1CCN(CCC(=O)Nc2ccc(N)cc2)CC1. The Kier molecular flexibility index (Phi) is 5.16. The molecule has 1 aromatic rings. The number of rotatable bonds is 4. The quantitative estimate of drug-likeness (QED) is 0.803. The van der Waals surface area contributed by atoms with Gasteiger partial charge < -0.3 is 16.0 Å². The van der Waals surface area contributed by atoms with Gasteiger partial charge in [-0.05, 0) is 24.3 Å². The van der Waals surface area contributed by atoms with Gasteiger partial charge in [-0.1, -0.05) is 0 Å². The minimum Gasteiger partial charge on any atom is -0.399 e. The number of hydrogen-bond donors (Lipinski definition) is 2. The molecule has 1 aromatic carbocycles. The van der Waals surface area contributed by atoms with Crippen LogP contribution in [0.15, 0.2) is 24.3 Å². The first kappa shape index (κ1) is 15.3. The average molecular weight is 290 g/mol. The number of nitrogen functional groups attached to an aromatic ring is 1. The molecular weight excluding hydrogens is 268 g/mol. The van der Waals surface area contributed by atoms with E-state index in [9.17, 15) is 9.59 Å². The highest BCUT2D eigenvalue weighted by Crippen LogP contribution is 2.11. The summed E-state index contributed by atoms with van der Waals surface area (Å²) in [6.07, 6.45) is 0.449. The summed E-state index contributed by atoms with van der Waals surface area (Å²) in [5.41, 5.74) is 7.04. The van der Waals surface area contributed by atoms with E-state index in [2.05, 4.69) is 10.2 Å². The Balaban J connectivity index is 1.70. The second-order valence-electron chi connectivity index (χ2n) is 5.27. The van der Waals surface area contributed by atoms with Crippen LogP contribution in [-0.4, -0.2) is 54.3 Å². The van der Waals surface area contributed by atoms with Crippen LogP contribution < -0.4 is 11.1 Å².